The number of carbonyl (C=O) groups is 1. The van der Waals surface area contributed by atoms with Gasteiger partial charge in [0.2, 0.25) is 10.0 Å². The molecule has 1 aliphatic heterocycles. The molecule has 1 saturated carbocycles. The summed E-state index contributed by atoms with van der Waals surface area (Å²) >= 11 is 0. The molecule has 3 heterocycles. The predicted octanol–water partition coefficient (Wildman–Crippen LogP) is 3.01. The van der Waals surface area contributed by atoms with E-state index in [0.717, 1.165) is 31.0 Å². The standard InChI is InChI=1S/C23H33N5O4S/c1-15(2)14-27(4)22-8-7-19(13-24-22)33(30,31)28-10-9-18(11-16(28)3)25-23(29)20-12-21(32-26-20)17-5-6-17/h7-8,12-13,15-18H,5-6,9-11,14H2,1-4H3,(H,25,29)/t16-,18-/m1/s1. The molecule has 2 aromatic heterocycles. The minimum Gasteiger partial charge on any atom is -0.360 e. The molecule has 180 valence electrons. The van der Waals surface area contributed by atoms with Gasteiger partial charge in [-0.1, -0.05) is 19.0 Å². The Hall–Kier alpha value is -2.46. The van der Waals surface area contributed by atoms with Crippen LogP contribution in [-0.2, 0) is 10.0 Å². The van der Waals surface area contributed by atoms with Crippen LogP contribution >= 0.6 is 0 Å². The van der Waals surface area contributed by atoms with Gasteiger partial charge in [-0.2, -0.15) is 4.31 Å². The van der Waals surface area contributed by atoms with Crippen LogP contribution < -0.4 is 10.2 Å². The summed E-state index contributed by atoms with van der Waals surface area (Å²) in [5.74, 6) is 2.11. The molecule has 2 aromatic rings. The Morgan fingerprint density at radius 3 is 2.67 bits per heavy atom. The highest BCUT2D eigenvalue weighted by Gasteiger charge is 2.36. The van der Waals surface area contributed by atoms with Gasteiger partial charge < -0.3 is 14.7 Å². The summed E-state index contributed by atoms with van der Waals surface area (Å²) in [7, 11) is -1.72. The molecule has 0 spiro atoms. The van der Waals surface area contributed by atoms with E-state index in [2.05, 4.69) is 29.3 Å². The number of hydrogen-bond donors (Lipinski definition) is 1. The van der Waals surface area contributed by atoms with E-state index in [9.17, 15) is 13.2 Å². The van der Waals surface area contributed by atoms with Crippen molar-refractivity contribution in [1.29, 1.82) is 0 Å². The van der Waals surface area contributed by atoms with Gasteiger partial charge >= 0.3 is 0 Å². The second-order valence-corrected chi connectivity index (χ2v) is 11.6. The molecule has 1 saturated heterocycles. The quantitative estimate of drug-likeness (QED) is 0.625. The molecule has 1 N–H and O–H groups in total. The Labute approximate surface area is 195 Å². The van der Waals surface area contributed by atoms with E-state index in [4.69, 9.17) is 4.52 Å². The average molecular weight is 476 g/mol. The van der Waals surface area contributed by atoms with Crippen LogP contribution in [0.1, 0.15) is 68.6 Å². The molecular formula is C23H33N5O4S. The van der Waals surface area contributed by atoms with Crippen LogP contribution in [0.3, 0.4) is 0 Å². The summed E-state index contributed by atoms with van der Waals surface area (Å²) in [6.07, 6.45) is 4.65. The number of piperidine rings is 1. The number of nitrogens with one attached hydrogen (secondary N) is 1. The molecule has 9 nitrogen and oxygen atoms in total. The van der Waals surface area contributed by atoms with Gasteiger partial charge in [0.1, 0.15) is 16.5 Å². The lowest BCUT2D eigenvalue weighted by molar-refractivity contribution is 0.0905. The minimum absolute atomic E-state index is 0.120. The minimum atomic E-state index is -3.67. The normalized spacial score (nSPS) is 21.8. The van der Waals surface area contributed by atoms with Gasteiger partial charge in [-0.25, -0.2) is 13.4 Å². The van der Waals surface area contributed by atoms with E-state index in [1.807, 2.05) is 18.9 Å². The lowest BCUT2D eigenvalue weighted by Crippen LogP contribution is -2.50. The molecular weight excluding hydrogens is 442 g/mol. The number of sulfonamides is 1. The molecule has 1 amide bonds. The van der Waals surface area contributed by atoms with E-state index >= 15 is 0 Å². The van der Waals surface area contributed by atoms with Crippen LogP contribution in [0.2, 0.25) is 0 Å². The first-order valence-electron chi connectivity index (χ1n) is 11.6. The van der Waals surface area contributed by atoms with Gasteiger partial charge in [-0.15, -0.1) is 0 Å². The van der Waals surface area contributed by atoms with Gasteiger partial charge in [0.05, 0.1) is 0 Å². The highest BCUT2D eigenvalue weighted by molar-refractivity contribution is 7.89. The van der Waals surface area contributed by atoms with Crippen molar-refractivity contribution in [1.82, 2.24) is 19.8 Å². The summed E-state index contributed by atoms with van der Waals surface area (Å²) in [6, 6.07) is 4.71. The van der Waals surface area contributed by atoms with Gasteiger partial charge in [0.15, 0.2) is 5.69 Å². The number of nitrogens with zero attached hydrogens (tertiary/aromatic N) is 4. The third kappa shape index (κ3) is 5.38. The molecule has 0 aromatic carbocycles. The van der Waals surface area contributed by atoms with Gasteiger partial charge in [0, 0.05) is 50.4 Å². The molecule has 0 bridgehead atoms. The average Bonchev–Trinajstić information content (AvgIpc) is 3.49. The summed E-state index contributed by atoms with van der Waals surface area (Å²) < 4.78 is 33.3. The fraction of sp³-hybridized carbons (Fsp3) is 0.609. The monoisotopic (exact) mass is 475 g/mol. The van der Waals surface area contributed by atoms with Crippen molar-refractivity contribution in [2.75, 3.05) is 25.0 Å². The van der Waals surface area contributed by atoms with Gasteiger partial charge in [-0.05, 0) is 50.7 Å². The fourth-order valence-corrected chi connectivity index (χ4v) is 5.98. The number of pyridine rings is 1. The van der Waals surface area contributed by atoms with E-state index < -0.39 is 10.0 Å². The summed E-state index contributed by atoms with van der Waals surface area (Å²) in [5, 5.41) is 6.87. The molecule has 10 heteroatoms. The van der Waals surface area contributed by atoms with Crippen molar-refractivity contribution in [3.05, 3.63) is 35.9 Å². The number of rotatable bonds is 8. The SMILES string of the molecule is CC(C)CN(C)c1ccc(S(=O)(=O)N2CC[C@@H](NC(=O)c3cc(C4CC4)on3)C[C@H]2C)cn1. The number of amides is 1. The first-order chi connectivity index (χ1) is 15.6. The number of aromatic nitrogens is 2. The van der Waals surface area contributed by atoms with Crippen molar-refractivity contribution >= 4 is 21.7 Å². The van der Waals surface area contributed by atoms with Crippen molar-refractivity contribution in [3.63, 3.8) is 0 Å². The van der Waals surface area contributed by atoms with Crippen molar-refractivity contribution in [3.8, 4) is 0 Å². The maximum Gasteiger partial charge on any atom is 0.273 e. The van der Waals surface area contributed by atoms with Crippen molar-refractivity contribution in [2.24, 2.45) is 5.92 Å². The second-order valence-electron chi connectivity index (χ2n) is 9.67. The first-order valence-corrected chi connectivity index (χ1v) is 13.1. The van der Waals surface area contributed by atoms with Crippen molar-refractivity contribution in [2.45, 2.75) is 69.4 Å². The first kappa shape index (κ1) is 23.7. The topological polar surface area (TPSA) is 109 Å². The van der Waals surface area contributed by atoms with E-state index in [-0.39, 0.29) is 28.6 Å². The van der Waals surface area contributed by atoms with E-state index in [1.165, 1.54) is 10.5 Å². The fourth-order valence-electron chi connectivity index (χ4n) is 4.38. The Morgan fingerprint density at radius 2 is 2.06 bits per heavy atom. The molecule has 1 aliphatic carbocycles. The molecule has 33 heavy (non-hydrogen) atoms. The zero-order chi connectivity index (χ0) is 23.8. The maximum absolute atomic E-state index is 13.2. The summed E-state index contributed by atoms with van der Waals surface area (Å²) in [5.41, 5.74) is 0.285. The highest BCUT2D eigenvalue weighted by Crippen LogP contribution is 2.40. The largest absolute Gasteiger partial charge is 0.360 e. The Bertz CT molecular complexity index is 1080. The van der Waals surface area contributed by atoms with Crippen LogP contribution in [-0.4, -0.2) is 61.0 Å². The molecule has 0 unspecified atom stereocenters. The number of carbonyl (C=O) groups excluding carboxylic acids is 1. The molecule has 2 atom stereocenters. The van der Waals surface area contributed by atoms with Crippen LogP contribution in [0, 0.1) is 5.92 Å². The molecule has 2 fully saturated rings. The predicted molar refractivity (Wildman–Crippen MR) is 125 cm³/mol. The zero-order valence-electron chi connectivity index (χ0n) is 19.7. The smallest absolute Gasteiger partial charge is 0.273 e. The van der Waals surface area contributed by atoms with Crippen LogP contribution in [0.5, 0.6) is 0 Å². The molecule has 4 rings (SSSR count). The van der Waals surface area contributed by atoms with Gasteiger partial charge in [0.25, 0.3) is 5.91 Å². The van der Waals surface area contributed by atoms with Crippen molar-refractivity contribution < 1.29 is 17.7 Å². The lowest BCUT2D eigenvalue weighted by Gasteiger charge is -2.36. The third-order valence-corrected chi connectivity index (χ3v) is 8.25. The van der Waals surface area contributed by atoms with Crippen LogP contribution in [0.25, 0.3) is 0 Å². The van der Waals surface area contributed by atoms with Crippen LogP contribution in [0.15, 0.2) is 33.8 Å². The molecule has 0 radical (unpaired) electrons. The Morgan fingerprint density at radius 1 is 1.30 bits per heavy atom. The van der Waals surface area contributed by atoms with E-state index in [1.54, 1.807) is 18.2 Å². The lowest BCUT2D eigenvalue weighted by atomic mass is 10.0. The maximum atomic E-state index is 13.2. The molecule has 2 aliphatic rings. The van der Waals surface area contributed by atoms with Crippen LogP contribution in [0.4, 0.5) is 5.82 Å². The zero-order valence-corrected chi connectivity index (χ0v) is 20.5. The second kappa shape index (κ2) is 9.42. The Balaban J connectivity index is 1.36. The van der Waals surface area contributed by atoms with E-state index in [0.29, 0.717) is 31.2 Å². The Kier molecular flexibility index (Phi) is 6.76. The third-order valence-electron chi connectivity index (χ3n) is 6.25. The summed E-state index contributed by atoms with van der Waals surface area (Å²) in [4.78, 5) is 19.1. The number of hydrogen-bond acceptors (Lipinski definition) is 7. The highest BCUT2D eigenvalue weighted by atomic mass is 32.2. The number of anilines is 1. The summed E-state index contributed by atoms with van der Waals surface area (Å²) in [6.45, 7) is 7.29. The van der Waals surface area contributed by atoms with Gasteiger partial charge in [-0.3, -0.25) is 4.79 Å².